The smallest absolute Gasteiger partial charge is 0.196 e. The van der Waals surface area contributed by atoms with Crippen LogP contribution in [0.5, 0.6) is 5.75 Å². The van der Waals surface area contributed by atoms with Gasteiger partial charge in [0.25, 0.3) is 0 Å². The zero-order chi connectivity index (χ0) is 17.8. The number of nitrogens with zero attached hydrogens (tertiary/aromatic N) is 2. The summed E-state index contributed by atoms with van der Waals surface area (Å²) in [4.78, 5) is 4.11. The van der Waals surface area contributed by atoms with E-state index in [-0.39, 0.29) is 5.41 Å². The minimum Gasteiger partial charge on any atom is -0.494 e. The van der Waals surface area contributed by atoms with Gasteiger partial charge in [0, 0.05) is 36.3 Å². The number of ether oxygens (including phenoxy) is 3. The molecule has 1 fully saturated rings. The van der Waals surface area contributed by atoms with Crippen LogP contribution in [0.15, 0.2) is 43.0 Å². The van der Waals surface area contributed by atoms with Gasteiger partial charge >= 0.3 is 0 Å². The predicted octanol–water partition coefficient (Wildman–Crippen LogP) is 3.99. The summed E-state index contributed by atoms with van der Waals surface area (Å²) in [5.41, 5.74) is 1.06. The van der Waals surface area contributed by atoms with Crippen LogP contribution < -0.4 is 4.74 Å². The molecule has 0 saturated carbocycles. The van der Waals surface area contributed by atoms with Crippen molar-refractivity contribution in [3.8, 4) is 5.75 Å². The molecule has 5 heteroatoms. The van der Waals surface area contributed by atoms with Gasteiger partial charge in [-0.1, -0.05) is 20.8 Å². The summed E-state index contributed by atoms with van der Waals surface area (Å²) in [5, 5.41) is 0. The van der Waals surface area contributed by atoms with Crippen molar-refractivity contribution < 1.29 is 14.2 Å². The van der Waals surface area contributed by atoms with Gasteiger partial charge in [0.1, 0.15) is 5.75 Å². The molecule has 0 aliphatic carbocycles. The lowest BCUT2D eigenvalue weighted by molar-refractivity contribution is -0.312. The molecule has 0 atom stereocenters. The molecule has 2 heterocycles. The van der Waals surface area contributed by atoms with Gasteiger partial charge in [0.15, 0.2) is 5.79 Å². The Kier molecular flexibility index (Phi) is 5.45. The molecular weight excluding hydrogens is 316 g/mol. The second kappa shape index (κ2) is 7.58. The van der Waals surface area contributed by atoms with E-state index < -0.39 is 5.79 Å². The third-order valence-electron chi connectivity index (χ3n) is 4.42. The van der Waals surface area contributed by atoms with E-state index in [4.69, 9.17) is 14.2 Å². The third kappa shape index (κ3) is 4.41. The Morgan fingerprint density at radius 1 is 1.16 bits per heavy atom. The fourth-order valence-electron chi connectivity index (χ4n) is 2.88. The van der Waals surface area contributed by atoms with Gasteiger partial charge in [-0.05, 0) is 30.7 Å². The first-order valence-corrected chi connectivity index (χ1v) is 9.00. The molecule has 5 nitrogen and oxygen atoms in total. The summed E-state index contributed by atoms with van der Waals surface area (Å²) in [6.07, 6.45) is 7.30. The Balaban J connectivity index is 1.78. The highest BCUT2D eigenvalue weighted by atomic mass is 16.7. The molecule has 0 radical (unpaired) electrons. The molecule has 136 valence electrons. The van der Waals surface area contributed by atoms with Crippen LogP contribution in [0.25, 0.3) is 0 Å². The Morgan fingerprint density at radius 3 is 2.48 bits per heavy atom. The van der Waals surface area contributed by atoms with E-state index in [2.05, 4.69) is 37.9 Å². The maximum Gasteiger partial charge on any atom is 0.196 e. The standard InChI is InChI=1S/C20H28N2O3/c1-4-13-23-18-7-5-17(6-8-18)20(9-11-22-12-10-21-16-22)24-14-19(2,3)15-25-20/h5-8,10,12,16H,4,9,11,13-15H2,1-3H3. The van der Waals surface area contributed by atoms with E-state index in [1.807, 2.05) is 29.2 Å². The lowest BCUT2D eigenvalue weighted by Crippen LogP contribution is -2.46. The average molecular weight is 344 g/mol. The maximum atomic E-state index is 6.29. The molecule has 1 aliphatic heterocycles. The highest BCUT2D eigenvalue weighted by molar-refractivity contribution is 5.30. The average Bonchev–Trinajstić information content (AvgIpc) is 3.14. The van der Waals surface area contributed by atoms with E-state index in [0.29, 0.717) is 13.2 Å². The lowest BCUT2D eigenvalue weighted by atomic mass is 9.92. The molecule has 1 saturated heterocycles. The zero-order valence-corrected chi connectivity index (χ0v) is 15.4. The van der Waals surface area contributed by atoms with E-state index >= 15 is 0 Å². The normalized spacial score (nSPS) is 18.8. The fraction of sp³-hybridized carbons (Fsp3) is 0.550. The highest BCUT2D eigenvalue weighted by Crippen LogP contribution is 2.39. The molecule has 0 bridgehead atoms. The quantitative estimate of drug-likeness (QED) is 0.762. The van der Waals surface area contributed by atoms with Gasteiger partial charge in [0.05, 0.1) is 26.1 Å². The maximum absolute atomic E-state index is 6.29. The molecule has 1 aromatic carbocycles. The summed E-state index contributed by atoms with van der Waals surface area (Å²) < 4.78 is 20.3. The molecular formula is C20H28N2O3. The van der Waals surface area contributed by atoms with Crippen LogP contribution in [0.4, 0.5) is 0 Å². The van der Waals surface area contributed by atoms with Gasteiger partial charge in [-0.3, -0.25) is 0 Å². The van der Waals surface area contributed by atoms with E-state index in [1.165, 1.54) is 0 Å². The largest absolute Gasteiger partial charge is 0.494 e. The number of hydrogen-bond donors (Lipinski definition) is 0. The molecule has 0 spiro atoms. The van der Waals surface area contributed by atoms with E-state index in [9.17, 15) is 0 Å². The van der Waals surface area contributed by atoms with Crippen LogP contribution in [-0.4, -0.2) is 29.4 Å². The number of hydrogen-bond acceptors (Lipinski definition) is 4. The van der Waals surface area contributed by atoms with Crippen molar-refractivity contribution >= 4 is 0 Å². The highest BCUT2D eigenvalue weighted by Gasteiger charge is 2.41. The fourth-order valence-corrected chi connectivity index (χ4v) is 2.88. The molecule has 0 amide bonds. The van der Waals surface area contributed by atoms with Crippen LogP contribution in [0.1, 0.15) is 39.2 Å². The van der Waals surface area contributed by atoms with Crippen LogP contribution in [-0.2, 0) is 21.8 Å². The number of aromatic nitrogens is 2. The first-order chi connectivity index (χ1) is 12.0. The Bertz CT molecular complexity index is 640. The Morgan fingerprint density at radius 2 is 1.88 bits per heavy atom. The Labute approximate surface area is 149 Å². The van der Waals surface area contributed by atoms with Crippen LogP contribution >= 0.6 is 0 Å². The summed E-state index contributed by atoms with van der Waals surface area (Å²) in [7, 11) is 0. The van der Waals surface area contributed by atoms with E-state index in [0.717, 1.165) is 37.3 Å². The van der Waals surface area contributed by atoms with Crippen molar-refractivity contribution in [2.45, 2.75) is 45.9 Å². The lowest BCUT2D eigenvalue weighted by Gasteiger charge is -2.44. The van der Waals surface area contributed by atoms with Crippen molar-refractivity contribution in [3.05, 3.63) is 48.5 Å². The molecule has 3 rings (SSSR count). The summed E-state index contributed by atoms with van der Waals surface area (Å²) in [5.74, 6) is 0.162. The van der Waals surface area contributed by atoms with Crippen molar-refractivity contribution in [3.63, 3.8) is 0 Å². The minimum atomic E-state index is -0.719. The zero-order valence-electron chi connectivity index (χ0n) is 15.4. The number of benzene rings is 1. The molecule has 0 N–H and O–H groups in total. The van der Waals surface area contributed by atoms with Crippen LogP contribution in [0.2, 0.25) is 0 Å². The van der Waals surface area contributed by atoms with Crippen molar-refractivity contribution in [2.24, 2.45) is 5.41 Å². The molecule has 1 aliphatic rings. The Hall–Kier alpha value is -1.85. The monoisotopic (exact) mass is 344 g/mol. The van der Waals surface area contributed by atoms with E-state index in [1.54, 1.807) is 6.20 Å². The third-order valence-corrected chi connectivity index (χ3v) is 4.42. The summed E-state index contributed by atoms with van der Waals surface area (Å²) >= 11 is 0. The summed E-state index contributed by atoms with van der Waals surface area (Å²) in [6.45, 7) is 9.28. The molecule has 0 unspecified atom stereocenters. The SMILES string of the molecule is CCCOc1ccc(C2(CCn3ccnc3)OCC(C)(C)CO2)cc1. The van der Waals surface area contributed by atoms with Crippen molar-refractivity contribution in [1.82, 2.24) is 9.55 Å². The van der Waals surface area contributed by atoms with Gasteiger partial charge < -0.3 is 18.8 Å². The topological polar surface area (TPSA) is 45.5 Å². The van der Waals surface area contributed by atoms with Crippen LogP contribution in [0, 0.1) is 5.41 Å². The minimum absolute atomic E-state index is 0.0304. The number of rotatable bonds is 7. The van der Waals surface area contributed by atoms with Gasteiger partial charge in [-0.15, -0.1) is 0 Å². The molecule has 1 aromatic heterocycles. The second-order valence-electron chi connectivity index (χ2n) is 7.42. The number of imidazole rings is 1. The molecule has 25 heavy (non-hydrogen) atoms. The van der Waals surface area contributed by atoms with Crippen molar-refractivity contribution in [1.29, 1.82) is 0 Å². The first kappa shape index (κ1) is 18.0. The van der Waals surface area contributed by atoms with Crippen molar-refractivity contribution in [2.75, 3.05) is 19.8 Å². The van der Waals surface area contributed by atoms with Crippen LogP contribution in [0.3, 0.4) is 0 Å². The molecule has 2 aromatic rings. The van der Waals surface area contributed by atoms with Gasteiger partial charge in [-0.25, -0.2) is 4.98 Å². The predicted molar refractivity (Wildman–Crippen MR) is 96.4 cm³/mol. The van der Waals surface area contributed by atoms with Gasteiger partial charge in [-0.2, -0.15) is 0 Å². The summed E-state index contributed by atoms with van der Waals surface area (Å²) in [6, 6.07) is 8.10. The van der Waals surface area contributed by atoms with Gasteiger partial charge in [0.2, 0.25) is 0 Å². The first-order valence-electron chi connectivity index (χ1n) is 9.00. The number of aryl methyl sites for hydroxylation is 1. The second-order valence-corrected chi connectivity index (χ2v) is 7.42.